The van der Waals surface area contributed by atoms with Crippen LogP contribution in [0.3, 0.4) is 0 Å². The average Bonchev–Trinajstić information content (AvgIpc) is 2.69. The molecule has 2 aromatic rings. The highest BCUT2D eigenvalue weighted by Crippen LogP contribution is 2.16. The molecule has 0 bridgehead atoms. The Hall–Kier alpha value is -2.71. The molecule has 0 heterocycles. The highest BCUT2D eigenvalue weighted by atomic mass is 32.2. The summed E-state index contributed by atoms with van der Waals surface area (Å²) in [5, 5.41) is 0. The minimum Gasteiger partial charge on any atom is -0.497 e. The highest BCUT2D eigenvalue weighted by Gasteiger charge is 2.27. The van der Waals surface area contributed by atoms with Crippen LogP contribution in [-0.4, -0.2) is 39.4 Å². The summed E-state index contributed by atoms with van der Waals surface area (Å²) in [5.41, 5.74) is 2.43. The first-order valence-corrected chi connectivity index (χ1v) is 10.5. The Kier molecular flexibility index (Phi) is 7.16. The Morgan fingerprint density at radius 3 is 2.14 bits per heavy atom. The van der Waals surface area contributed by atoms with E-state index in [1.54, 1.807) is 12.1 Å². The number of carbonyl (C=O) groups is 2. The number of ether oxygens (including phenoxy) is 2. The van der Waals surface area contributed by atoms with Crippen molar-refractivity contribution in [3.63, 3.8) is 0 Å². The van der Waals surface area contributed by atoms with Gasteiger partial charge in [0.25, 0.3) is 0 Å². The van der Waals surface area contributed by atoms with Gasteiger partial charge in [-0.1, -0.05) is 12.1 Å². The number of aryl methyl sites for hydroxylation is 2. The summed E-state index contributed by atoms with van der Waals surface area (Å²) in [4.78, 5) is 24.8. The number of Topliss-reactive ketones (excluding diaryl/α,β-unsaturated/α-hetero) is 1. The van der Waals surface area contributed by atoms with Crippen LogP contribution in [0.1, 0.15) is 35.3 Å². The molecule has 2 aromatic carbocycles. The van der Waals surface area contributed by atoms with Gasteiger partial charge in [0.1, 0.15) is 11.8 Å². The van der Waals surface area contributed by atoms with Gasteiger partial charge in [-0.05, 0) is 69.2 Å². The standard InChI is InChI=1S/C21H25NO6S/c1-13-6-7-17(12-14(13)2)20(23)16(4)28-21(24)15(3)22-29(25,26)19-10-8-18(27-5)9-11-19/h6-12,15-16,22H,1-5H3/t15-,16?/m0/s1. The lowest BCUT2D eigenvalue weighted by atomic mass is 10.0. The molecule has 2 rings (SSSR count). The number of nitrogens with one attached hydrogen (secondary N) is 1. The Bertz CT molecular complexity index is 998. The Morgan fingerprint density at radius 2 is 1.59 bits per heavy atom. The summed E-state index contributed by atoms with van der Waals surface area (Å²) in [7, 11) is -2.47. The fourth-order valence-electron chi connectivity index (χ4n) is 2.56. The summed E-state index contributed by atoms with van der Waals surface area (Å²) < 4.78 is 37.3. The zero-order valence-corrected chi connectivity index (χ0v) is 17.9. The van der Waals surface area contributed by atoms with Crippen LogP contribution in [0.5, 0.6) is 5.75 Å². The molecule has 2 atom stereocenters. The fraction of sp³-hybridized carbons (Fsp3) is 0.333. The van der Waals surface area contributed by atoms with Crippen molar-refractivity contribution in [1.29, 1.82) is 0 Å². The van der Waals surface area contributed by atoms with Crippen molar-refractivity contribution in [3.05, 3.63) is 59.2 Å². The SMILES string of the molecule is COc1ccc(S(=O)(=O)N[C@@H](C)C(=O)OC(C)C(=O)c2ccc(C)c(C)c2)cc1. The lowest BCUT2D eigenvalue weighted by molar-refractivity contribution is -0.147. The van der Waals surface area contributed by atoms with Crippen molar-refractivity contribution in [3.8, 4) is 5.75 Å². The van der Waals surface area contributed by atoms with Crippen molar-refractivity contribution in [1.82, 2.24) is 4.72 Å². The van der Waals surface area contributed by atoms with Gasteiger partial charge >= 0.3 is 5.97 Å². The lowest BCUT2D eigenvalue weighted by Crippen LogP contribution is -2.41. The number of ketones is 1. The third-order valence-corrected chi connectivity index (χ3v) is 6.07. The molecular formula is C21H25NO6S. The normalized spacial score (nSPS) is 13.4. The zero-order valence-electron chi connectivity index (χ0n) is 17.1. The van der Waals surface area contributed by atoms with E-state index in [0.29, 0.717) is 11.3 Å². The van der Waals surface area contributed by atoms with E-state index < -0.39 is 28.1 Å². The van der Waals surface area contributed by atoms with E-state index in [0.717, 1.165) is 11.1 Å². The van der Waals surface area contributed by atoms with Crippen LogP contribution in [0, 0.1) is 13.8 Å². The van der Waals surface area contributed by atoms with E-state index in [4.69, 9.17) is 9.47 Å². The van der Waals surface area contributed by atoms with Crippen molar-refractivity contribution in [2.45, 2.75) is 44.7 Å². The number of hydrogen-bond acceptors (Lipinski definition) is 6. The molecule has 1 N–H and O–H groups in total. The minimum absolute atomic E-state index is 0.0165. The summed E-state index contributed by atoms with van der Waals surface area (Å²) >= 11 is 0. The zero-order chi connectivity index (χ0) is 21.8. The second kappa shape index (κ2) is 9.19. The molecule has 29 heavy (non-hydrogen) atoms. The van der Waals surface area contributed by atoms with Gasteiger partial charge < -0.3 is 9.47 Å². The molecule has 0 amide bonds. The van der Waals surface area contributed by atoms with Crippen LogP contribution < -0.4 is 9.46 Å². The second-order valence-electron chi connectivity index (χ2n) is 6.76. The van der Waals surface area contributed by atoms with Gasteiger partial charge in [0.05, 0.1) is 12.0 Å². The molecule has 1 unspecified atom stereocenters. The van der Waals surface area contributed by atoms with E-state index >= 15 is 0 Å². The molecule has 0 saturated heterocycles. The number of rotatable bonds is 8. The fourth-order valence-corrected chi connectivity index (χ4v) is 3.76. The summed E-state index contributed by atoms with van der Waals surface area (Å²) in [6.45, 7) is 6.64. The van der Waals surface area contributed by atoms with Gasteiger partial charge in [-0.3, -0.25) is 9.59 Å². The van der Waals surface area contributed by atoms with Gasteiger partial charge in [-0.25, -0.2) is 8.42 Å². The van der Waals surface area contributed by atoms with E-state index in [1.807, 2.05) is 19.9 Å². The maximum atomic E-state index is 12.5. The molecule has 0 radical (unpaired) electrons. The lowest BCUT2D eigenvalue weighted by Gasteiger charge is -2.17. The number of hydrogen-bond donors (Lipinski definition) is 1. The monoisotopic (exact) mass is 419 g/mol. The first-order chi connectivity index (χ1) is 13.5. The van der Waals surface area contributed by atoms with Gasteiger partial charge in [-0.15, -0.1) is 0 Å². The van der Waals surface area contributed by atoms with Crippen LogP contribution in [0.15, 0.2) is 47.4 Å². The van der Waals surface area contributed by atoms with E-state index in [2.05, 4.69) is 4.72 Å². The van der Waals surface area contributed by atoms with Crippen LogP contribution >= 0.6 is 0 Å². The second-order valence-corrected chi connectivity index (χ2v) is 8.47. The molecule has 0 fully saturated rings. The molecule has 156 valence electrons. The van der Waals surface area contributed by atoms with E-state index in [-0.39, 0.29) is 10.7 Å². The number of esters is 1. The molecule has 0 spiro atoms. The van der Waals surface area contributed by atoms with Crippen LogP contribution in [0.2, 0.25) is 0 Å². The maximum Gasteiger partial charge on any atom is 0.324 e. The topological polar surface area (TPSA) is 98.8 Å². The first-order valence-electron chi connectivity index (χ1n) is 9.03. The van der Waals surface area contributed by atoms with Crippen molar-refractivity contribution in [2.75, 3.05) is 7.11 Å². The average molecular weight is 419 g/mol. The molecule has 0 aliphatic heterocycles. The Balaban J connectivity index is 2.03. The van der Waals surface area contributed by atoms with Gasteiger partial charge in [0.2, 0.25) is 15.8 Å². The number of carbonyl (C=O) groups excluding carboxylic acids is 2. The third-order valence-electron chi connectivity index (χ3n) is 4.51. The smallest absolute Gasteiger partial charge is 0.324 e. The Morgan fingerprint density at radius 1 is 0.966 bits per heavy atom. The number of benzene rings is 2. The van der Waals surface area contributed by atoms with Crippen LogP contribution in [-0.2, 0) is 19.6 Å². The molecule has 7 nitrogen and oxygen atoms in total. The van der Waals surface area contributed by atoms with Crippen LogP contribution in [0.4, 0.5) is 0 Å². The number of sulfonamides is 1. The van der Waals surface area contributed by atoms with Crippen LogP contribution in [0.25, 0.3) is 0 Å². The summed E-state index contributed by atoms with van der Waals surface area (Å²) in [5.74, 6) is -0.687. The predicted molar refractivity (Wildman–Crippen MR) is 109 cm³/mol. The van der Waals surface area contributed by atoms with E-state index in [9.17, 15) is 18.0 Å². The molecule has 8 heteroatoms. The summed E-state index contributed by atoms with van der Waals surface area (Å²) in [6.07, 6.45) is -1.04. The molecule has 0 saturated carbocycles. The van der Waals surface area contributed by atoms with E-state index in [1.165, 1.54) is 45.2 Å². The molecular weight excluding hydrogens is 394 g/mol. The molecule has 0 aliphatic rings. The van der Waals surface area contributed by atoms with Gasteiger partial charge in [0.15, 0.2) is 6.10 Å². The first kappa shape index (κ1) is 22.6. The largest absolute Gasteiger partial charge is 0.497 e. The molecule has 0 aliphatic carbocycles. The van der Waals surface area contributed by atoms with Crippen molar-refractivity contribution < 1.29 is 27.5 Å². The van der Waals surface area contributed by atoms with Gasteiger partial charge in [0, 0.05) is 5.56 Å². The van der Waals surface area contributed by atoms with Gasteiger partial charge in [-0.2, -0.15) is 4.72 Å². The molecule has 0 aromatic heterocycles. The maximum absolute atomic E-state index is 12.5. The van der Waals surface area contributed by atoms with Crippen molar-refractivity contribution >= 4 is 21.8 Å². The highest BCUT2D eigenvalue weighted by molar-refractivity contribution is 7.89. The predicted octanol–water partition coefficient (Wildman–Crippen LogP) is 2.79. The Labute approximate surface area is 171 Å². The summed E-state index contributed by atoms with van der Waals surface area (Å²) in [6, 6.07) is 9.79. The quantitative estimate of drug-likeness (QED) is 0.522. The number of methoxy groups -OCH3 is 1. The van der Waals surface area contributed by atoms with Crippen molar-refractivity contribution in [2.24, 2.45) is 0 Å². The third kappa shape index (κ3) is 5.65. The minimum atomic E-state index is -3.94.